The van der Waals surface area contributed by atoms with Crippen LogP contribution in [0.2, 0.25) is 0 Å². The third kappa shape index (κ3) is 5.37. The number of amides is 1. The van der Waals surface area contributed by atoms with Gasteiger partial charge < -0.3 is 21.3 Å². The van der Waals surface area contributed by atoms with Crippen LogP contribution < -0.4 is 11.1 Å². The molecule has 0 bridgehead atoms. The van der Waals surface area contributed by atoms with Gasteiger partial charge in [-0.15, -0.1) is 0 Å². The van der Waals surface area contributed by atoms with Gasteiger partial charge in [0, 0.05) is 12.2 Å². The number of nitrogen functional groups attached to an aromatic ring is 1. The van der Waals surface area contributed by atoms with E-state index in [0.29, 0.717) is 24.3 Å². The highest BCUT2D eigenvalue weighted by Crippen LogP contribution is 2.28. The van der Waals surface area contributed by atoms with Crippen molar-refractivity contribution in [2.45, 2.75) is 46.0 Å². The van der Waals surface area contributed by atoms with Crippen molar-refractivity contribution in [3.63, 3.8) is 0 Å². The monoisotopic (exact) mass is 357 g/mol. The van der Waals surface area contributed by atoms with Crippen LogP contribution in [0.1, 0.15) is 53.4 Å². The van der Waals surface area contributed by atoms with Crippen molar-refractivity contribution in [3.05, 3.63) is 46.6 Å². The summed E-state index contributed by atoms with van der Waals surface area (Å²) in [5.74, 6) is 0.0744. The number of hydrogen-bond donors (Lipinski definition) is 4. The molecule has 0 saturated heterocycles. The normalized spacial score (nSPS) is 10.7. The highest BCUT2D eigenvalue weighted by atomic mass is 16.3. The summed E-state index contributed by atoms with van der Waals surface area (Å²) in [4.78, 5) is 16.6. The van der Waals surface area contributed by atoms with Crippen LogP contribution in [0, 0.1) is 6.92 Å². The summed E-state index contributed by atoms with van der Waals surface area (Å²) in [5.41, 5.74) is 8.47. The van der Waals surface area contributed by atoms with Crippen LogP contribution in [0.4, 0.5) is 5.82 Å². The lowest BCUT2D eigenvalue weighted by molar-refractivity contribution is 0.0949. The summed E-state index contributed by atoms with van der Waals surface area (Å²) in [7, 11) is 0. The van der Waals surface area contributed by atoms with E-state index in [1.807, 2.05) is 26.0 Å². The maximum absolute atomic E-state index is 12.3. The summed E-state index contributed by atoms with van der Waals surface area (Å²) in [5, 5.41) is 22.8. The number of benzene rings is 1. The molecule has 140 valence electrons. The van der Waals surface area contributed by atoms with E-state index >= 15 is 0 Å². The number of nitrogens with one attached hydrogen (secondary N) is 1. The zero-order chi connectivity index (χ0) is 19.1. The lowest BCUT2D eigenvalue weighted by Crippen LogP contribution is -2.24. The van der Waals surface area contributed by atoms with Gasteiger partial charge in [0.25, 0.3) is 5.91 Å². The Morgan fingerprint density at radius 3 is 2.62 bits per heavy atom. The Bertz CT molecular complexity index is 755. The van der Waals surface area contributed by atoms with Crippen molar-refractivity contribution in [1.82, 2.24) is 10.3 Å². The Balaban J connectivity index is 1.85. The van der Waals surface area contributed by atoms with Gasteiger partial charge >= 0.3 is 0 Å². The lowest BCUT2D eigenvalue weighted by Gasteiger charge is -2.11. The van der Waals surface area contributed by atoms with Crippen LogP contribution in [-0.4, -0.2) is 27.6 Å². The molecule has 0 radical (unpaired) electrons. The van der Waals surface area contributed by atoms with Gasteiger partial charge in [-0.1, -0.05) is 13.3 Å². The van der Waals surface area contributed by atoms with Crippen LogP contribution in [0.25, 0.3) is 0 Å². The number of carbonyl (C=O) groups is 1. The number of rotatable bonds is 8. The smallest absolute Gasteiger partial charge is 0.255 e. The van der Waals surface area contributed by atoms with Crippen LogP contribution in [-0.2, 0) is 12.8 Å². The maximum Gasteiger partial charge on any atom is 0.255 e. The van der Waals surface area contributed by atoms with E-state index in [2.05, 4.69) is 10.3 Å². The fourth-order valence-electron chi connectivity index (χ4n) is 2.94. The average molecular weight is 357 g/mol. The molecule has 6 nitrogen and oxygen atoms in total. The van der Waals surface area contributed by atoms with E-state index in [4.69, 9.17) is 5.73 Å². The predicted octanol–water partition coefficient (Wildman–Crippen LogP) is 3.09. The van der Waals surface area contributed by atoms with Crippen molar-refractivity contribution >= 4 is 11.7 Å². The SMILES string of the molecule is CCCc1cc(O)cc(C(=O)NCCCCc2cc(C)cc(N)n2)c1O. The molecule has 0 aliphatic heterocycles. The van der Waals surface area contributed by atoms with Crippen molar-refractivity contribution in [1.29, 1.82) is 0 Å². The van der Waals surface area contributed by atoms with Gasteiger partial charge in [0.15, 0.2) is 0 Å². The molecule has 2 aromatic rings. The number of phenols is 2. The fourth-order valence-corrected chi connectivity index (χ4v) is 2.94. The van der Waals surface area contributed by atoms with Gasteiger partial charge in [0.05, 0.1) is 5.56 Å². The number of unbranched alkanes of at least 4 members (excludes halogenated alkanes) is 1. The molecule has 1 heterocycles. The summed E-state index contributed by atoms with van der Waals surface area (Å²) >= 11 is 0. The predicted molar refractivity (Wildman–Crippen MR) is 102 cm³/mol. The summed E-state index contributed by atoms with van der Waals surface area (Å²) < 4.78 is 0. The van der Waals surface area contributed by atoms with Crippen LogP contribution in [0.5, 0.6) is 11.5 Å². The summed E-state index contributed by atoms with van der Waals surface area (Å²) in [6, 6.07) is 6.63. The van der Waals surface area contributed by atoms with E-state index in [-0.39, 0.29) is 23.0 Å². The second-order valence-corrected chi connectivity index (χ2v) is 6.52. The van der Waals surface area contributed by atoms with E-state index < -0.39 is 0 Å². The molecule has 0 fully saturated rings. The Morgan fingerprint density at radius 2 is 1.92 bits per heavy atom. The topological polar surface area (TPSA) is 108 Å². The molecule has 2 rings (SSSR count). The Labute approximate surface area is 154 Å². The zero-order valence-corrected chi connectivity index (χ0v) is 15.4. The highest BCUT2D eigenvalue weighted by Gasteiger charge is 2.15. The molecular weight excluding hydrogens is 330 g/mol. The first-order valence-corrected chi connectivity index (χ1v) is 8.96. The Hall–Kier alpha value is -2.76. The van der Waals surface area contributed by atoms with Gasteiger partial charge in [-0.3, -0.25) is 4.79 Å². The molecule has 1 aromatic heterocycles. The minimum atomic E-state index is -0.381. The largest absolute Gasteiger partial charge is 0.508 e. The first-order valence-electron chi connectivity index (χ1n) is 8.96. The van der Waals surface area contributed by atoms with Crippen molar-refractivity contribution < 1.29 is 15.0 Å². The minimum Gasteiger partial charge on any atom is -0.508 e. The van der Waals surface area contributed by atoms with Crippen LogP contribution in [0.15, 0.2) is 24.3 Å². The molecule has 0 spiro atoms. The Kier molecular flexibility index (Phi) is 6.83. The second kappa shape index (κ2) is 9.08. The first-order chi connectivity index (χ1) is 12.4. The molecule has 26 heavy (non-hydrogen) atoms. The molecule has 1 aromatic carbocycles. The number of pyridine rings is 1. The van der Waals surface area contributed by atoms with Crippen molar-refractivity contribution in [2.75, 3.05) is 12.3 Å². The minimum absolute atomic E-state index is 0.0143. The third-order valence-corrected chi connectivity index (χ3v) is 4.13. The lowest BCUT2D eigenvalue weighted by atomic mass is 10.0. The van der Waals surface area contributed by atoms with E-state index in [1.165, 1.54) is 12.1 Å². The Morgan fingerprint density at radius 1 is 1.15 bits per heavy atom. The molecule has 0 atom stereocenters. The maximum atomic E-state index is 12.3. The third-order valence-electron chi connectivity index (χ3n) is 4.13. The molecule has 0 unspecified atom stereocenters. The fraction of sp³-hybridized carbons (Fsp3) is 0.400. The molecule has 0 aliphatic carbocycles. The van der Waals surface area contributed by atoms with E-state index in [0.717, 1.165) is 36.9 Å². The first kappa shape index (κ1) is 19.6. The van der Waals surface area contributed by atoms with Gasteiger partial charge in [-0.2, -0.15) is 0 Å². The molecule has 6 heteroatoms. The average Bonchev–Trinajstić information content (AvgIpc) is 2.56. The van der Waals surface area contributed by atoms with Gasteiger partial charge in [-0.05, 0) is 68.0 Å². The summed E-state index contributed by atoms with van der Waals surface area (Å²) in [6.07, 6.45) is 3.86. The number of nitrogens with two attached hydrogens (primary N) is 1. The second-order valence-electron chi connectivity index (χ2n) is 6.52. The molecule has 1 amide bonds. The molecular formula is C20H27N3O3. The standard InChI is InChI=1S/C20H27N3O3/c1-3-6-14-11-16(24)12-17(19(14)25)20(26)22-8-5-4-7-15-9-13(2)10-18(21)23-15/h9-12,24-25H,3-8H2,1-2H3,(H2,21,23)(H,22,26). The number of phenolic OH excluding ortho intramolecular Hbond substituents is 2. The van der Waals surface area contributed by atoms with Crippen molar-refractivity contribution in [2.24, 2.45) is 0 Å². The zero-order valence-electron chi connectivity index (χ0n) is 15.4. The molecule has 5 N–H and O–H groups in total. The number of anilines is 1. The number of aryl methyl sites for hydroxylation is 3. The van der Waals surface area contributed by atoms with Crippen LogP contribution >= 0.6 is 0 Å². The summed E-state index contributed by atoms with van der Waals surface area (Å²) in [6.45, 7) is 4.44. The van der Waals surface area contributed by atoms with E-state index in [1.54, 1.807) is 0 Å². The number of aromatic hydroxyl groups is 2. The number of carbonyl (C=O) groups excluding carboxylic acids is 1. The van der Waals surface area contributed by atoms with Gasteiger partial charge in [-0.25, -0.2) is 4.98 Å². The number of hydrogen-bond acceptors (Lipinski definition) is 5. The number of aromatic nitrogens is 1. The van der Waals surface area contributed by atoms with Crippen molar-refractivity contribution in [3.8, 4) is 11.5 Å². The quantitative estimate of drug-likeness (QED) is 0.429. The van der Waals surface area contributed by atoms with Crippen LogP contribution in [0.3, 0.4) is 0 Å². The molecule has 0 saturated carbocycles. The van der Waals surface area contributed by atoms with Gasteiger partial charge in [0.1, 0.15) is 17.3 Å². The number of nitrogens with zero attached hydrogens (tertiary/aromatic N) is 1. The highest BCUT2D eigenvalue weighted by molar-refractivity contribution is 5.97. The van der Waals surface area contributed by atoms with Gasteiger partial charge in [0.2, 0.25) is 0 Å². The van der Waals surface area contributed by atoms with E-state index in [9.17, 15) is 15.0 Å². The molecule has 0 aliphatic rings.